The molecule has 5 heteroatoms. The average molecular weight is 300 g/mol. The summed E-state index contributed by atoms with van der Waals surface area (Å²) < 4.78 is 38.0. The molecule has 1 N–H and O–H groups in total. The van der Waals surface area contributed by atoms with E-state index in [9.17, 15) is 13.2 Å². The minimum atomic E-state index is -4.28. The number of rotatable bonds is 4. The smallest absolute Gasteiger partial charge is 0.311 e. The van der Waals surface area contributed by atoms with Crippen molar-refractivity contribution >= 4 is 0 Å². The van der Waals surface area contributed by atoms with Crippen molar-refractivity contribution in [2.45, 2.75) is 44.4 Å². The van der Waals surface area contributed by atoms with Gasteiger partial charge in [-0.2, -0.15) is 13.2 Å². The molecule has 0 spiro atoms. The number of halogens is 3. The van der Waals surface area contributed by atoms with Crippen LogP contribution in [0.1, 0.15) is 43.9 Å². The van der Waals surface area contributed by atoms with E-state index in [-0.39, 0.29) is 11.6 Å². The molecule has 0 aliphatic carbocycles. The van der Waals surface area contributed by atoms with Crippen LogP contribution in [0.25, 0.3) is 0 Å². The maximum absolute atomic E-state index is 12.7. The molecule has 1 aromatic carbocycles. The number of alkyl halides is 3. The van der Waals surface area contributed by atoms with Gasteiger partial charge in [-0.05, 0) is 64.5 Å². The molecule has 2 nitrogen and oxygen atoms in total. The summed E-state index contributed by atoms with van der Waals surface area (Å²) in [5.41, 5.74) is 0.160. The molecule has 0 saturated carbocycles. The van der Waals surface area contributed by atoms with Crippen LogP contribution in [0.3, 0.4) is 0 Å². The molecular weight excluding hydrogens is 277 g/mol. The lowest BCUT2D eigenvalue weighted by Gasteiger charge is -2.42. The molecule has 1 heterocycles. The van der Waals surface area contributed by atoms with Gasteiger partial charge in [0.25, 0.3) is 0 Å². The second kappa shape index (κ2) is 5.97. The highest BCUT2D eigenvalue weighted by Gasteiger charge is 2.37. The van der Waals surface area contributed by atoms with Gasteiger partial charge in [0, 0.05) is 11.6 Å². The summed E-state index contributed by atoms with van der Waals surface area (Å²) in [4.78, 5) is 2.41. The Morgan fingerprint density at radius 1 is 1.05 bits per heavy atom. The molecule has 1 fully saturated rings. The molecule has 2 rings (SSSR count). The molecule has 1 unspecified atom stereocenters. The number of nitrogens with zero attached hydrogens (tertiary/aromatic N) is 1. The monoisotopic (exact) mass is 300 g/mol. The van der Waals surface area contributed by atoms with E-state index in [0.29, 0.717) is 0 Å². The Bertz CT molecular complexity index is 459. The van der Waals surface area contributed by atoms with Gasteiger partial charge in [0.2, 0.25) is 0 Å². The summed E-state index contributed by atoms with van der Waals surface area (Å²) in [6.45, 7) is 6.39. The Morgan fingerprint density at radius 3 is 2.00 bits per heavy atom. The third-order valence-corrected chi connectivity index (χ3v) is 4.49. The number of hydrogen-bond donors (Lipinski definition) is 1. The SMILES string of the molecule is CNC(c1ccc(C(F)(F)F)cc1)C(C)(C)N1CCCC1. The third kappa shape index (κ3) is 3.40. The Morgan fingerprint density at radius 2 is 1.57 bits per heavy atom. The Hall–Kier alpha value is -1.07. The highest BCUT2D eigenvalue weighted by atomic mass is 19.4. The normalized spacial score (nSPS) is 19.0. The lowest BCUT2D eigenvalue weighted by molar-refractivity contribution is -0.137. The molecule has 0 aromatic heterocycles. The van der Waals surface area contributed by atoms with Crippen LogP contribution in [-0.4, -0.2) is 30.6 Å². The zero-order chi connectivity index (χ0) is 15.7. The van der Waals surface area contributed by atoms with Gasteiger partial charge in [-0.1, -0.05) is 12.1 Å². The Balaban J connectivity index is 2.24. The van der Waals surface area contributed by atoms with Crippen LogP contribution < -0.4 is 5.32 Å². The molecule has 1 aliphatic heterocycles. The minimum Gasteiger partial charge on any atom is -0.311 e. The molecule has 0 radical (unpaired) electrons. The number of hydrogen-bond acceptors (Lipinski definition) is 2. The van der Waals surface area contributed by atoms with Crippen molar-refractivity contribution in [1.82, 2.24) is 10.2 Å². The van der Waals surface area contributed by atoms with Crippen molar-refractivity contribution in [2.75, 3.05) is 20.1 Å². The molecule has 118 valence electrons. The maximum atomic E-state index is 12.7. The van der Waals surface area contributed by atoms with Crippen LogP contribution in [-0.2, 0) is 6.18 Å². The molecule has 1 saturated heterocycles. The van der Waals surface area contributed by atoms with E-state index in [2.05, 4.69) is 24.1 Å². The van der Waals surface area contributed by atoms with E-state index >= 15 is 0 Å². The van der Waals surface area contributed by atoms with E-state index < -0.39 is 11.7 Å². The molecule has 0 amide bonds. The second-order valence-corrected chi connectivity index (χ2v) is 6.19. The Labute approximate surface area is 124 Å². The van der Waals surface area contributed by atoms with E-state index in [1.54, 1.807) is 12.1 Å². The van der Waals surface area contributed by atoms with Gasteiger partial charge >= 0.3 is 6.18 Å². The molecule has 0 bridgehead atoms. The summed E-state index contributed by atoms with van der Waals surface area (Å²) in [5.74, 6) is 0. The highest BCUT2D eigenvalue weighted by molar-refractivity contribution is 5.29. The van der Waals surface area contributed by atoms with Crippen LogP contribution in [0, 0.1) is 0 Å². The van der Waals surface area contributed by atoms with Gasteiger partial charge < -0.3 is 5.32 Å². The van der Waals surface area contributed by atoms with Crippen LogP contribution in [0.2, 0.25) is 0 Å². The van der Waals surface area contributed by atoms with Gasteiger partial charge in [0.1, 0.15) is 0 Å². The first-order valence-electron chi connectivity index (χ1n) is 7.36. The second-order valence-electron chi connectivity index (χ2n) is 6.19. The van der Waals surface area contributed by atoms with Crippen molar-refractivity contribution in [3.05, 3.63) is 35.4 Å². The van der Waals surface area contributed by atoms with E-state index in [1.807, 2.05) is 7.05 Å². The summed E-state index contributed by atoms with van der Waals surface area (Å²) in [7, 11) is 1.86. The molecule has 1 atom stereocenters. The van der Waals surface area contributed by atoms with Gasteiger partial charge in [-0.25, -0.2) is 0 Å². The lowest BCUT2D eigenvalue weighted by atomic mass is 9.87. The minimum absolute atomic E-state index is 0.00196. The molecule has 1 aliphatic rings. The van der Waals surface area contributed by atoms with E-state index in [4.69, 9.17) is 0 Å². The predicted octanol–water partition coefficient (Wildman–Crippen LogP) is 3.84. The third-order valence-electron chi connectivity index (χ3n) is 4.49. The summed E-state index contributed by atoms with van der Waals surface area (Å²) in [5, 5.41) is 3.27. The fourth-order valence-corrected chi connectivity index (χ4v) is 3.27. The van der Waals surface area contributed by atoms with Crippen molar-refractivity contribution < 1.29 is 13.2 Å². The van der Waals surface area contributed by atoms with Crippen molar-refractivity contribution in [1.29, 1.82) is 0 Å². The van der Waals surface area contributed by atoms with Gasteiger partial charge in [0.15, 0.2) is 0 Å². The first-order valence-corrected chi connectivity index (χ1v) is 7.36. The van der Waals surface area contributed by atoms with E-state index in [1.165, 1.54) is 25.0 Å². The zero-order valence-corrected chi connectivity index (χ0v) is 12.8. The zero-order valence-electron chi connectivity index (χ0n) is 12.8. The van der Waals surface area contributed by atoms with Crippen LogP contribution >= 0.6 is 0 Å². The standard InChI is InChI=1S/C16H23F3N2/c1-15(2,21-10-4-5-11-21)14(20-3)12-6-8-13(9-7-12)16(17,18)19/h6-9,14,20H,4-5,10-11H2,1-3H3. The largest absolute Gasteiger partial charge is 0.416 e. The van der Waals surface area contributed by atoms with Crippen LogP contribution in [0.4, 0.5) is 13.2 Å². The Kier molecular flexibility index (Phi) is 4.63. The predicted molar refractivity (Wildman–Crippen MR) is 78.1 cm³/mol. The van der Waals surface area contributed by atoms with E-state index in [0.717, 1.165) is 18.7 Å². The number of nitrogens with one attached hydrogen (secondary N) is 1. The van der Waals surface area contributed by atoms with Crippen LogP contribution in [0.5, 0.6) is 0 Å². The summed E-state index contributed by atoms with van der Waals surface area (Å²) in [6, 6.07) is 5.50. The maximum Gasteiger partial charge on any atom is 0.416 e. The molecule has 1 aromatic rings. The number of likely N-dealkylation sites (N-methyl/N-ethyl adjacent to an activating group) is 1. The fourth-order valence-electron chi connectivity index (χ4n) is 3.27. The topological polar surface area (TPSA) is 15.3 Å². The quantitative estimate of drug-likeness (QED) is 0.909. The number of benzene rings is 1. The summed E-state index contributed by atoms with van der Waals surface area (Å²) >= 11 is 0. The van der Waals surface area contributed by atoms with Gasteiger partial charge in [0.05, 0.1) is 5.56 Å². The molecule has 21 heavy (non-hydrogen) atoms. The number of likely N-dealkylation sites (tertiary alicyclic amines) is 1. The van der Waals surface area contributed by atoms with Crippen molar-refractivity contribution in [3.8, 4) is 0 Å². The lowest BCUT2D eigenvalue weighted by Crippen LogP contribution is -2.50. The van der Waals surface area contributed by atoms with Gasteiger partial charge in [-0.3, -0.25) is 4.90 Å². The summed E-state index contributed by atoms with van der Waals surface area (Å²) in [6.07, 6.45) is -1.90. The fraction of sp³-hybridized carbons (Fsp3) is 0.625. The highest BCUT2D eigenvalue weighted by Crippen LogP contribution is 2.35. The van der Waals surface area contributed by atoms with Crippen LogP contribution in [0.15, 0.2) is 24.3 Å². The first kappa shape index (κ1) is 16.3. The van der Waals surface area contributed by atoms with Crippen molar-refractivity contribution in [3.63, 3.8) is 0 Å². The van der Waals surface area contributed by atoms with Gasteiger partial charge in [-0.15, -0.1) is 0 Å². The molecular formula is C16H23F3N2. The first-order chi connectivity index (χ1) is 9.76. The average Bonchev–Trinajstić information content (AvgIpc) is 2.93. The van der Waals surface area contributed by atoms with Crippen molar-refractivity contribution in [2.24, 2.45) is 0 Å².